The van der Waals surface area contributed by atoms with Gasteiger partial charge in [0.15, 0.2) is 0 Å². The van der Waals surface area contributed by atoms with Crippen LogP contribution in [-0.2, 0) is 36.7 Å². The minimum absolute atomic E-state index is 0.00268. The molecule has 5 aromatic heterocycles. The van der Waals surface area contributed by atoms with E-state index in [2.05, 4.69) is 20.6 Å². The average Bonchev–Trinajstić information content (AvgIpc) is 4.30. The van der Waals surface area contributed by atoms with Crippen LogP contribution in [0.2, 0.25) is 10.0 Å². The van der Waals surface area contributed by atoms with Crippen LogP contribution in [0.5, 0.6) is 0 Å². The first-order valence-corrected chi connectivity index (χ1v) is 26.0. The summed E-state index contributed by atoms with van der Waals surface area (Å²) >= 11 is 12.8. The number of fused-ring (bicyclic) bond motifs is 2. The summed E-state index contributed by atoms with van der Waals surface area (Å²) in [6.45, 7) is 12.5. The molecular weight excluding hydrogens is 1050 g/mol. The van der Waals surface area contributed by atoms with Crippen molar-refractivity contribution < 1.29 is 37.4 Å². The Morgan fingerprint density at radius 1 is 0.679 bits per heavy atom. The second kappa shape index (κ2) is 22.7. The summed E-state index contributed by atoms with van der Waals surface area (Å²) in [5.41, 5.74) is 5.66. The molecule has 7 aromatic rings. The fourth-order valence-electron chi connectivity index (χ4n) is 9.78. The number of anilines is 2. The van der Waals surface area contributed by atoms with Gasteiger partial charge in [0.1, 0.15) is 67.7 Å². The molecule has 20 nitrogen and oxygen atoms in total. The Hall–Kier alpha value is -7.72. The maximum absolute atomic E-state index is 14.3. The predicted molar refractivity (Wildman–Crippen MR) is 293 cm³/mol. The van der Waals surface area contributed by atoms with Gasteiger partial charge in [-0.15, -0.1) is 0 Å². The molecule has 0 saturated carbocycles. The van der Waals surface area contributed by atoms with Crippen molar-refractivity contribution in [2.75, 3.05) is 36.0 Å². The number of carbonyl (C=O) groups is 4. The number of carbonyl (C=O) groups excluding carboxylic acids is 4. The van der Waals surface area contributed by atoms with Gasteiger partial charge in [0.25, 0.3) is 22.9 Å². The molecule has 4 N–H and O–H groups in total. The summed E-state index contributed by atoms with van der Waals surface area (Å²) in [4.78, 5) is 91.3. The van der Waals surface area contributed by atoms with Crippen molar-refractivity contribution >= 4 is 80.9 Å². The Bertz CT molecular complexity index is 3560. The lowest BCUT2D eigenvalue weighted by molar-refractivity contribution is 0.0488. The number of hydrogen-bond acceptors (Lipinski definition) is 12. The number of nitrogens with two attached hydrogens (primary N) is 1. The average molecular weight is 1120 g/mol. The summed E-state index contributed by atoms with van der Waals surface area (Å²) < 4.78 is 46.6. The minimum Gasteiger partial charge on any atom is -0.444 e. The molecule has 2 aliphatic heterocycles. The first-order chi connectivity index (χ1) is 36.8. The lowest BCUT2D eigenvalue weighted by Crippen LogP contribution is -2.49. The molecule has 2 aliphatic rings. The summed E-state index contributed by atoms with van der Waals surface area (Å²) in [7, 11) is 3.13. The van der Waals surface area contributed by atoms with Crippen molar-refractivity contribution in [1.29, 1.82) is 0 Å². The third-order valence-electron chi connectivity index (χ3n) is 13.0. The molecule has 24 heteroatoms. The normalized spacial score (nSPS) is 15.9. The van der Waals surface area contributed by atoms with Gasteiger partial charge in [0, 0.05) is 74.8 Å². The number of piperidine rings is 2. The fraction of sp³-hybridized carbons (Fsp3) is 0.407. The predicted octanol–water partition coefficient (Wildman–Crippen LogP) is 7.73. The van der Waals surface area contributed by atoms with Gasteiger partial charge in [-0.05, 0) is 127 Å². The quantitative estimate of drug-likeness (QED) is 0.120. The number of benzene rings is 2. The number of halogens is 4. The van der Waals surface area contributed by atoms with Crippen LogP contribution in [0, 0.1) is 11.6 Å². The number of nitrogens with zero attached hydrogens (tertiary/aromatic N) is 9. The van der Waals surface area contributed by atoms with Crippen LogP contribution in [0.3, 0.4) is 0 Å². The van der Waals surface area contributed by atoms with E-state index in [0.717, 1.165) is 0 Å². The molecule has 3 amide bonds. The van der Waals surface area contributed by atoms with Gasteiger partial charge in [-0.25, -0.2) is 28.3 Å². The third kappa shape index (κ3) is 12.5. The van der Waals surface area contributed by atoms with Gasteiger partial charge in [0.2, 0.25) is 0 Å². The molecule has 2 saturated heterocycles. The number of alkyl carbamates (subject to hydrolysis) is 2. The van der Waals surface area contributed by atoms with E-state index in [9.17, 15) is 37.5 Å². The molecule has 414 valence electrons. The van der Waals surface area contributed by atoms with Gasteiger partial charge >= 0.3 is 12.2 Å². The second-order valence-electron chi connectivity index (χ2n) is 21.4. The highest BCUT2D eigenvalue weighted by atomic mass is 35.5. The number of nitrogens with one attached hydrogen (secondary N) is 2. The smallest absolute Gasteiger partial charge is 0.407 e. The van der Waals surface area contributed by atoms with Gasteiger partial charge in [-0.2, -0.15) is 0 Å². The molecule has 0 unspecified atom stereocenters. The van der Waals surface area contributed by atoms with Crippen LogP contribution in [0.1, 0.15) is 99.1 Å². The Kier molecular flexibility index (Phi) is 16.4. The molecule has 0 radical (unpaired) electrons. The number of aryl methyl sites for hydroxylation is 2. The van der Waals surface area contributed by atoms with Crippen LogP contribution >= 0.6 is 23.2 Å². The second-order valence-corrected chi connectivity index (χ2v) is 22.2. The fourth-order valence-corrected chi connectivity index (χ4v) is 10.1. The van der Waals surface area contributed by atoms with E-state index in [1.807, 2.05) is 9.80 Å². The summed E-state index contributed by atoms with van der Waals surface area (Å²) in [5.74, 6) is -1.27. The van der Waals surface area contributed by atoms with Crippen molar-refractivity contribution in [2.24, 2.45) is 19.8 Å². The van der Waals surface area contributed by atoms with E-state index < -0.39 is 46.5 Å². The zero-order valence-corrected chi connectivity index (χ0v) is 46.0. The molecular formula is C54H62Cl2F2N12O8. The Morgan fingerprint density at radius 3 is 1.50 bits per heavy atom. The zero-order valence-electron chi connectivity index (χ0n) is 44.5. The number of ether oxygens (including phenoxy) is 2. The van der Waals surface area contributed by atoms with Crippen LogP contribution in [0.15, 0.2) is 83.2 Å². The highest BCUT2D eigenvalue weighted by Crippen LogP contribution is 2.36. The number of aromatic nitrogens is 7. The summed E-state index contributed by atoms with van der Waals surface area (Å²) in [6.07, 6.45) is 7.66. The van der Waals surface area contributed by atoms with E-state index in [1.165, 1.54) is 62.8 Å². The SMILES string of the molecule is Cn1cnc2c(C(=O)n3cccc3)c(N3CCC[C@@H](NC(=O)OC(C)(C)C)C3)n(Cc3cc(F)ccc3Cl)c2c1=O.Cn1cnc2c(C(N)=O)c(N3CCC[C@@H](NC(=O)OC(C)(C)C)C3)n(Cc3cc(F)ccc3Cl)c2c1=O. The monoisotopic (exact) mass is 1110 g/mol. The van der Waals surface area contributed by atoms with Crippen molar-refractivity contribution in [3.05, 3.63) is 138 Å². The van der Waals surface area contributed by atoms with Crippen LogP contribution < -0.4 is 37.3 Å². The first-order valence-electron chi connectivity index (χ1n) is 25.3. The number of amides is 3. The van der Waals surface area contributed by atoms with Gasteiger partial charge in [-0.3, -0.25) is 23.7 Å². The van der Waals surface area contributed by atoms with Gasteiger partial charge < -0.3 is 53.9 Å². The number of hydrogen-bond donors (Lipinski definition) is 3. The van der Waals surface area contributed by atoms with Crippen molar-refractivity contribution in [2.45, 2.75) is 104 Å². The minimum atomic E-state index is -0.757. The highest BCUT2D eigenvalue weighted by molar-refractivity contribution is 6.31. The standard InChI is InChI=1S/C29H32ClFN6O4.C25H30ClFN6O4/c1-29(2,3)41-28(40)33-20-8-7-13-36(16-20)25-22(26(38)35-11-5-6-12-35)23-24(27(39)34(4)17-32-23)37(25)15-18-14-19(31)9-10-21(18)30;1-25(2,3)37-24(36)30-16-6-5-9-32(12-16)22-18(21(28)34)19-20(23(35)31(4)13-29-19)33(22)11-14-10-15(27)7-8-17(14)26/h5-6,9-12,14,17,20H,7-8,13,15-16H2,1-4H3,(H,33,40);7-8,10,13,16H,5-6,9,11-12H2,1-4H3,(H2,28,34)(H,30,36)/t20-;16-/m11/s1. The topological polar surface area (TPSA) is 228 Å². The van der Waals surface area contributed by atoms with E-state index >= 15 is 0 Å². The number of primary amides is 1. The third-order valence-corrected chi connectivity index (χ3v) is 13.8. The maximum atomic E-state index is 14.3. The van der Waals surface area contributed by atoms with E-state index in [1.54, 1.807) is 89.3 Å². The van der Waals surface area contributed by atoms with Gasteiger partial charge in [-0.1, -0.05) is 23.2 Å². The molecule has 0 spiro atoms. The van der Waals surface area contributed by atoms with Crippen LogP contribution in [0.25, 0.3) is 22.1 Å². The summed E-state index contributed by atoms with van der Waals surface area (Å²) in [5, 5.41) is 6.45. The van der Waals surface area contributed by atoms with Crippen molar-refractivity contribution in [1.82, 2.24) is 43.4 Å². The molecule has 78 heavy (non-hydrogen) atoms. The molecule has 0 bridgehead atoms. The lowest BCUT2D eigenvalue weighted by Gasteiger charge is -2.36. The summed E-state index contributed by atoms with van der Waals surface area (Å²) in [6, 6.07) is 10.9. The van der Waals surface area contributed by atoms with E-state index in [0.29, 0.717) is 84.7 Å². The highest BCUT2D eigenvalue weighted by Gasteiger charge is 2.35. The first kappa shape index (κ1) is 56.5. The van der Waals surface area contributed by atoms with Crippen LogP contribution in [0.4, 0.5) is 30.0 Å². The number of rotatable bonds is 10. The van der Waals surface area contributed by atoms with Crippen LogP contribution in [-0.4, -0.2) is 106 Å². The van der Waals surface area contributed by atoms with Crippen molar-refractivity contribution in [3.63, 3.8) is 0 Å². The molecule has 2 aromatic carbocycles. The van der Waals surface area contributed by atoms with E-state index in [-0.39, 0.29) is 69.8 Å². The lowest BCUT2D eigenvalue weighted by atomic mass is 10.1. The molecule has 2 fully saturated rings. The Morgan fingerprint density at radius 2 is 1.09 bits per heavy atom. The molecule has 7 heterocycles. The molecule has 2 atom stereocenters. The largest absolute Gasteiger partial charge is 0.444 e. The van der Waals surface area contributed by atoms with E-state index in [4.69, 9.17) is 38.4 Å². The van der Waals surface area contributed by atoms with Crippen molar-refractivity contribution in [3.8, 4) is 0 Å². The Labute approximate surface area is 457 Å². The Balaban J connectivity index is 0.000000207. The van der Waals surface area contributed by atoms with Gasteiger partial charge in [0.05, 0.1) is 25.7 Å². The zero-order chi connectivity index (χ0) is 56.5. The maximum Gasteiger partial charge on any atom is 0.407 e. The molecule has 0 aliphatic carbocycles. The molecule has 9 rings (SSSR count).